The maximum Gasteiger partial charge on any atom is 0.188 e. The van der Waals surface area contributed by atoms with Gasteiger partial charge in [0, 0.05) is 28.8 Å². The SMILES string of the molecule is C=COC1(C=O)CCc2cc(NC(=C)C(C)(C)CCC)ccc21. The number of aldehydes is 1. The summed E-state index contributed by atoms with van der Waals surface area (Å²) in [4.78, 5) is 11.5. The monoisotopic (exact) mass is 313 g/mol. The third kappa shape index (κ3) is 3.34. The van der Waals surface area contributed by atoms with Crippen molar-refractivity contribution in [1.82, 2.24) is 0 Å². The van der Waals surface area contributed by atoms with Gasteiger partial charge in [-0.25, -0.2) is 0 Å². The highest BCUT2D eigenvalue weighted by atomic mass is 16.5. The molecule has 1 N–H and O–H groups in total. The molecule has 0 bridgehead atoms. The van der Waals surface area contributed by atoms with Gasteiger partial charge < -0.3 is 10.1 Å². The molecule has 3 heteroatoms. The van der Waals surface area contributed by atoms with Crippen molar-refractivity contribution in [2.75, 3.05) is 5.32 Å². The van der Waals surface area contributed by atoms with Gasteiger partial charge in [-0.15, -0.1) is 0 Å². The number of aryl methyl sites for hydroxylation is 1. The zero-order valence-electron chi connectivity index (χ0n) is 14.4. The van der Waals surface area contributed by atoms with Gasteiger partial charge in [-0.1, -0.05) is 46.4 Å². The highest BCUT2D eigenvalue weighted by Gasteiger charge is 2.40. The molecule has 1 aromatic carbocycles. The fraction of sp³-hybridized carbons (Fsp3) is 0.450. The maximum absolute atomic E-state index is 11.5. The summed E-state index contributed by atoms with van der Waals surface area (Å²) in [6, 6.07) is 6.06. The van der Waals surface area contributed by atoms with Gasteiger partial charge in [-0.05, 0) is 30.5 Å². The van der Waals surface area contributed by atoms with Crippen LogP contribution in [0.25, 0.3) is 0 Å². The van der Waals surface area contributed by atoms with Crippen molar-refractivity contribution < 1.29 is 9.53 Å². The van der Waals surface area contributed by atoms with E-state index in [1.165, 1.54) is 6.26 Å². The third-order valence-corrected chi connectivity index (χ3v) is 4.80. The minimum atomic E-state index is -0.867. The highest BCUT2D eigenvalue weighted by molar-refractivity contribution is 5.71. The van der Waals surface area contributed by atoms with Crippen LogP contribution < -0.4 is 5.32 Å². The third-order valence-electron chi connectivity index (χ3n) is 4.80. The van der Waals surface area contributed by atoms with E-state index in [0.29, 0.717) is 6.42 Å². The van der Waals surface area contributed by atoms with E-state index in [1.807, 2.05) is 12.1 Å². The lowest BCUT2D eigenvalue weighted by Gasteiger charge is -2.28. The largest absolute Gasteiger partial charge is 0.483 e. The Morgan fingerprint density at radius 3 is 2.83 bits per heavy atom. The Morgan fingerprint density at radius 2 is 2.22 bits per heavy atom. The lowest BCUT2D eigenvalue weighted by molar-refractivity contribution is -0.125. The van der Waals surface area contributed by atoms with Crippen molar-refractivity contribution in [3.63, 3.8) is 0 Å². The number of anilines is 1. The Bertz CT molecular complexity index is 618. The van der Waals surface area contributed by atoms with Crippen LogP contribution in [-0.2, 0) is 21.6 Å². The molecule has 1 aliphatic carbocycles. The molecule has 0 aromatic heterocycles. The van der Waals surface area contributed by atoms with E-state index in [-0.39, 0.29) is 5.41 Å². The molecule has 2 rings (SSSR count). The summed E-state index contributed by atoms with van der Waals surface area (Å²) < 4.78 is 5.53. The standard InChI is InChI=1S/C20H27NO2/c1-6-11-19(4,5)15(3)21-17-8-9-18-16(13-17)10-12-20(18,14-22)23-7-2/h7-9,13-14,21H,2-3,6,10-12H2,1,4-5H3. The predicted molar refractivity (Wildman–Crippen MR) is 95.2 cm³/mol. The van der Waals surface area contributed by atoms with Crippen LogP contribution in [0, 0.1) is 5.41 Å². The molecule has 0 aliphatic heterocycles. The van der Waals surface area contributed by atoms with Crippen molar-refractivity contribution >= 4 is 12.0 Å². The predicted octanol–water partition coefficient (Wildman–Crippen LogP) is 4.94. The fourth-order valence-corrected chi connectivity index (χ4v) is 3.29. The van der Waals surface area contributed by atoms with Gasteiger partial charge in [0.2, 0.25) is 0 Å². The second-order valence-corrected chi connectivity index (χ2v) is 6.90. The first kappa shape index (κ1) is 17.3. The topological polar surface area (TPSA) is 38.3 Å². The molecule has 124 valence electrons. The fourth-order valence-electron chi connectivity index (χ4n) is 3.29. The van der Waals surface area contributed by atoms with Crippen molar-refractivity contribution in [2.45, 2.75) is 52.1 Å². The number of nitrogens with one attached hydrogen (secondary N) is 1. The summed E-state index contributed by atoms with van der Waals surface area (Å²) >= 11 is 0. The minimum absolute atomic E-state index is 0.0479. The molecule has 0 radical (unpaired) electrons. The van der Waals surface area contributed by atoms with E-state index in [0.717, 1.165) is 48.1 Å². The van der Waals surface area contributed by atoms with Crippen LogP contribution in [0.3, 0.4) is 0 Å². The number of carbonyl (C=O) groups excluding carboxylic acids is 1. The lowest BCUT2D eigenvalue weighted by atomic mass is 9.85. The van der Waals surface area contributed by atoms with Crippen LogP contribution in [0.2, 0.25) is 0 Å². The summed E-state index contributed by atoms with van der Waals surface area (Å²) in [7, 11) is 0. The zero-order valence-corrected chi connectivity index (χ0v) is 14.4. The van der Waals surface area contributed by atoms with E-state index in [2.05, 4.69) is 45.3 Å². The zero-order chi connectivity index (χ0) is 17.1. The second-order valence-electron chi connectivity index (χ2n) is 6.90. The second kappa shape index (κ2) is 6.61. The first-order chi connectivity index (χ1) is 10.9. The first-order valence-corrected chi connectivity index (χ1v) is 8.23. The molecule has 0 saturated heterocycles. The van der Waals surface area contributed by atoms with Crippen molar-refractivity contribution in [1.29, 1.82) is 0 Å². The molecule has 0 fully saturated rings. The van der Waals surface area contributed by atoms with Crippen LogP contribution in [0.1, 0.15) is 51.2 Å². The summed E-state index contributed by atoms with van der Waals surface area (Å²) in [5.74, 6) is 0. The molecule has 1 aromatic rings. The highest BCUT2D eigenvalue weighted by Crippen LogP contribution is 2.40. The molecule has 23 heavy (non-hydrogen) atoms. The van der Waals surface area contributed by atoms with Gasteiger partial charge in [0.05, 0.1) is 6.26 Å². The molecule has 1 atom stereocenters. The Labute approximate surface area is 139 Å². The summed E-state index contributed by atoms with van der Waals surface area (Å²) in [6.45, 7) is 14.4. The number of benzene rings is 1. The molecule has 1 aliphatic rings. The van der Waals surface area contributed by atoms with Crippen molar-refractivity contribution in [3.05, 3.63) is 54.4 Å². The Morgan fingerprint density at radius 1 is 1.48 bits per heavy atom. The van der Waals surface area contributed by atoms with Crippen LogP contribution in [0.15, 0.2) is 43.3 Å². The van der Waals surface area contributed by atoms with Crippen LogP contribution in [-0.4, -0.2) is 6.29 Å². The molecule has 3 nitrogen and oxygen atoms in total. The van der Waals surface area contributed by atoms with E-state index < -0.39 is 5.60 Å². The van der Waals surface area contributed by atoms with E-state index in [4.69, 9.17) is 4.74 Å². The van der Waals surface area contributed by atoms with Crippen LogP contribution in [0.5, 0.6) is 0 Å². The smallest absolute Gasteiger partial charge is 0.188 e. The number of carbonyl (C=O) groups is 1. The van der Waals surface area contributed by atoms with E-state index >= 15 is 0 Å². The minimum Gasteiger partial charge on any atom is -0.483 e. The molecule has 0 spiro atoms. The molecule has 0 saturated carbocycles. The normalized spacial score (nSPS) is 19.8. The summed E-state index contributed by atoms with van der Waals surface area (Å²) in [6.07, 6.45) is 5.93. The molecule has 0 heterocycles. The summed E-state index contributed by atoms with van der Waals surface area (Å²) in [5, 5.41) is 3.43. The van der Waals surface area contributed by atoms with Gasteiger partial charge in [-0.3, -0.25) is 4.79 Å². The average molecular weight is 313 g/mol. The Kier molecular flexibility index (Phi) is 4.98. The van der Waals surface area contributed by atoms with Gasteiger partial charge in [0.15, 0.2) is 11.9 Å². The molecule has 0 amide bonds. The van der Waals surface area contributed by atoms with E-state index in [9.17, 15) is 4.79 Å². The number of hydrogen-bond acceptors (Lipinski definition) is 3. The van der Waals surface area contributed by atoms with E-state index in [1.54, 1.807) is 0 Å². The van der Waals surface area contributed by atoms with Gasteiger partial charge in [-0.2, -0.15) is 0 Å². The number of rotatable bonds is 8. The first-order valence-electron chi connectivity index (χ1n) is 8.23. The van der Waals surface area contributed by atoms with Crippen LogP contribution in [0.4, 0.5) is 5.69 Å². The number of fused-ring (bicyclic) bond motifs is 1. The Hall–Kier alpha value is -2.03. The van der Waals surface area contributed by atoms with Crippen molar-refractivity contribution in [2.24, 2.45) is 5.41 Å². The molecule has 1 unspecified atom stereocenters. The van der Waals surface area contributed by atoms with Gasteiger partial charge >= 0.3 is 0 Å². The van der Waals surface area contributed by atoms with Gasteiger partial charge in [0.1, 0.15) is 0 Å². The average Bonchev–Trinajstić information content (AvgIpc) is 2.86. The number of allylic oxidation sites excluding steroid dienone is 1. The maximum atomic E-state index is 11.5. The number of hydrogen-bond donors (Lipinski definition) is 1. The Balaban J connectivity index is 2.22. The van der Waals surface area contributed by atoms with Crippen molar-refractivity contribution in [3.8, 4) is 0 Å². The van der Waals surface area contributed by atoms with Crippen LogP contribution >= 0.6 is 0 Å². The number of ether oxygens (including phenoxy) is 1. The molecular formula is C20H27NO2. The molecular weight excluding hydrogens is 286 g/mol. The quantitative estimate of drug-likeness (QED) is 0.546. The summed E-state index contributed by atoms with van der Waals surface area (Å²) in [5.41, 5.74) is 3.29. The lowest BCUT2D eigenvalue weighted by Crippen LogP contribution is -2.26. The van der Waals surface area contributed by atoms with Gasteiger partial charge in [0.25, 0.3) is 0 Å².